The first kappa shape index (κ1) is 15.1. The number of ether oxygens (including phenoxy) is 3. The molecule has 2 aliphatic rings. The highest BCUT2D eigenvalue weighted by Gasteiger charge is 2.47. The molecule has 0 bridgehead atoms. The highest BCUT2D eigenvalue weighted by atomic mass is 19.1. The van der Waals surface area contributed by atoms with Crippen molar-refractivity contribution in [2.45, 2.75) is 24.4 Å². The van der Waals surface area contributed by atoms with E-state index >= 15 is 0 Å². The minimum Gasteiger partial charge on any atom is -0.491 e. The third kappa shape index (κ3) is 2.43. The third-order valence-electron chi connectivity index (χ3n) is 3.84. The van der Waals surface area contributed by atoms with Gasteiger partial charge in [0.25, 0.3) is 5.91 Å². The van der Waals surface area contributed by atoms with Crippen molar-refractivity contribution in [1.29, 1.82) is 0 Å². The molecule has 2 fully saturated rings. The molecule has 0 saturated carbocycles. The monoisotopic (exact) mass is 315 g/mol. The van der Waals surface area contributed by atoms with Crippen molar-refractivity contribution < 1.29 is 32.9 Å². The zero-order valence-electron chi connectivity index (χ0n) is 11.7. The molecule has 0 spiro atoms. The van der Waals surface area contributed by atoms with Gasteiger partial charge in [-0.1, -0.05) is 0 Å². The summed E-state index contributed by atoms with van der Waals surface area (Å²) < 4.78 is 42.8. The predicted molar refractivity (Wildman–Crippen MR) is 69.7 cm³/mol. The van der Waals surface area contributed by atoms with E-state index in [0.29, 0.717) is 0 Å². The number of carbonyl (C=O) groups is 1. The topological polar surface area (TPSA) is 77.0 Å². The average Bonchev–Trinajstić information content (AvgIpc) is 3.04. The van der Waals surface area contributed by atoms with E-state index in [1.54, 1.807) is 0 Å². The molecule has 0 radical (unpaired) electrons. The number of amides is 1. The Morgan fingerprint density at radius 2 is 2.05 bits per heavy atom. The molecule has 0 unspecified atom stereocenters. The van der Waals surface area contributed by atoms with E-state index in [1.165, 1.54) is 0 Å². The van der Waals surface area contributed by atoms with Crippen molar-refractivity contribution in [3.8, 4) is 5.75 Å². The van der Waals surface area contributed by atoms with Gasteiger partial charge < -0.3 is 24.6 Å². The number of nitrogens with one attached hydrogen (secondary N) is 1. The zero-order valence-corrected chi connectivity index (χ0v) is 11.7. The molecule has 2 saturated heterocycles. The summed E-state index contributed by atoms with van der Waals surface area (Å²) in [5, 5.41) is 12.2. The average molecular weight is 315 g/mol. The number of fused-ring (bicyclic) bond motifs is 1. The van der Waals surface area contributed by atoms with E-state index in [0.717, 1.165) is 19.2 Å². The molecule has 120 valence electrons. The molecule has 6 nitrogen and oxygen atoms in total. The Balaban J connectivity index is 1.76. The number of hydrogen-bond acceptors (Lipinski definition) is 5. The number of hydrogen-bond donors (Lipinski definition) is 2. The normalized spacial score (nSPS) is 30.2. The van der Waals surface area contributed by atoms with Crippen molar-refractivity contribution >= 4 is 5.91 Å². The van der Waals surface area contributed by atoms with E-state index in [-0.39, 0.29) is 18.8 Å². The van der Waals surface area contributed by atoms with E-state index < -0.39 is 47.6 Å². The molecule has 4 atom stereocenters. The third-order valence-corrected chi connectivity index (χ3v) is 3.84. The van der Waals surface area contributed by atoms with Gasteiger partial charge in [0.1, 0.15) is 18.3 Å². The number of carbonyl (C=O) groups excluding carboxylic acids is 1. The van der Waals surface area contributed by atoms with Crippen molar-refractivity contribution in [2.75, 3.05) is 20.3 Å². The van der Waals surface area contributed by atoms with Crippen LogP contribution in [0.2, 0.25) is 0 Å². The Kier molecular flexibility index (Phi) is 3.98. The fourth-order valence-electron chi connectivity index (χ4n) is 2.74. The van der Waals surface area contributed by atoms with Crippen molar-refractivity contribution in [1.82, 2.24) is 5.32 Å². The lowest BCUT2D eigenvalue weighted by atomic mass is 10.1. The minimum absolute atomic E-state index is 0.125. The van der Waals surface area contributed by atoms with Crippen LogP contribution in [0.3, 0.4) is 0 Å². The van der Waals surface area contributed by atoms with Crippen LogP contribution in [0, 0.1) is 11.6 Å². The molecule has 1 amide bonds. The number of benzene rings is 1. The molecule has 1 aromatic rings. The fraction of sp³-hybridized carbons (Fsp3) is 0.500. The van der Waals surface area contributed by atoms with Gasteiger partial charge in [-0.25, -0.2) is 8.78 Å². The standard InChI is InChI=1S/C14H15F2NO5/c1-20-11-7(15)3-2-6(10(11)16)14(19)17-8-4-21-13-9(18)5-22-12(8)13/h2-3,8-9,12-13,18H,4-5H2,1H3,(H,17,19)/t8-,9-,12-,13-/m1/s1. The molecule has 8 heteroatoms. The number of halogens is 2. The number of methoxy groups -OCH3 is 1. The maximum Gasteiger partial charge on any atom is 0.254 e. The van der Waals surface area contributed by atoms with E-state index in [2.05, 4.69) is 10.1 Å². The van der Waals surface area contributed by atoms with Gasteiger partial charge in [0.15, 0.2) is 17.4 Å². The lowest BCUT2D eigenvalue weighted by molar-refractivity contribution is 0.0178. The minimum atomic E-state index is -1.07. The smallest absolute Gasteiger partial charge is 0.254 e. The largest absolute Gasteiger partial charge is 0.491 e. The van der Waals surface area contributed by atoms with E-state index in [9.17, 15) is 18.7 Å². The molecule has 0 aromatic heterocycles. The Morgan fingerprint density at radius 3 is 2.77 bits per heavy atom. The van der Waals surface area contributed by atoms with Crippen molar-refractivity contribution in [2.24, 2.45) is 0 Å². The zero-order chi connectivity index (χ0) is 15.9. The second-order valence-electron chi connectivity index (χ2n) is 5.19. The van der Waals surface area contributed by atoms with Gasteiger partial charge in [-0.15, -0.1) is 0 Å². The summed E-state index contributed by atoms with van der Waals surface area (Å²) in [6.07, 6.45) is -1.73. The first-order valence-corrected chi connectivity index (χ1v) is 6.77. The second kappa shape index (κ2) is 5.79. The Bertz CT molecular complexity index is 597. The van der Waals surface area contributed by atoms with Crippen molar-refractivity contribution in [3.63, 3.8) is 0 Å². The van der Waals surface area contributed by atoms with E-state index in [1.807, 2.05) is 0 Å². The van der Waals surface area contributed by atoms with Gasteiger partial charge in [-0.2, -0.15) is 0 Å². The summed E-state index contributed by atoms with van der Waals surface area (Å²) in [4.78, 5) is 12.2. The second-order valence-corrected chi connectivity index (χ2v) is 5.19. The molecule has 0 aliphatic carbocycles. The summed E-state index contributed by atoms with van der Waals surface area (Å²) in [5.41, 5.74) is -0.333. The molecule has 2 heterocycles. The number of aliphatic hydroxyl groups is 1. The highest BCUT2D eigenvalue weighted by Crippen LogP contribution is 2.28. The van der Waals surface area contributed by atoms with Crippen LogP contribution in [0.1, 0.15) is 10.4 Å². The summed E-state index contributed by atoms with van der Waals surface area (Å²) in [7, 11) is 1.12. The highest BCUT2D eigenvalue weighted by molar-refractivity contribution is 5.95. The van der Waals surface area contributed by atoms with E-state index in [4.69, 9.17) is 9.47 Å². The number of rotatable bonds is 3. The molecule has 22 heavy (non-hydrogen) atoms. The summed E-state index contributed by atoms with van der Waals surface area (Å²) in [5.74, 6) is -3.29. The summed E-state index contributed by atoms with van der Waals surface area (Å²) >= 11 is 0. The van der Waals surface area contributed by atoms with Crippen LogP contribution in [-0.4, -0.2) is 55.7 Å². The van der Waals surface area contributed by atoms with Crippen molar-refractivity contribution in [3.05, 3.63) is 29.3 Å². The predicted octanol–water partition coefficient (Wildman–Crippen LogP) is 0.230. The molecular formula is C14H15F2NO5. The molecule has 2 aliphatic heterocycles. The molecule has 2 N–H and O–H groups in total. The first-order valence-electron chi connectivity index (χ1n) is 6.77. The van der Waals surface area contributed by atoms with Gasteiger partial charge in [0, 0.05) is 0 Å². The van der Waals surface area contributed by atoms with Crippen LogP contribution < -0.4 is 10.1 Å². The molecule has 3 rings (SSSR count). The summed E-state index contributed by atoms with van der Waals surface area (Å²) in [6.45, 7) is 0.276. The lowest BCUT2D eigenvalue weighted by Crippen LogP contribution is -2.44. The Hall–Kier alpha value is -1.77. The first-order chi connectivity index (χ1) is 10.5. The fourth-order valence-corrected chi connectivity index (χ4v) is 2.74. The van der Waals surface area contributed by atoms with Crippen LogP contribution in [-0.2, 0) is 9.47 Å². The number of aliphatic hydroxyl groups excluding tert-OH is 1. The maximum absolute atomic E-state index is 14.1. The van der Waals surface area contributed by atoms with Gasteiger partial charge in [0.05, 0.1) is 31.9 Å². The molecular weight excluding hydrogens is 300 g/mol. The Labute approximate surface area is 125 Å². The van der Waals surface area contributed by atoms with Gasteiger partial charge in [-0.3, -0.25) is 4.79 Å². The Morgan fingerprint density at radius 1 is 1.32 bits per heavy atom. The maximum atomic E-state index is 14.1. The van der Waals surface area contributed by atoms with Crippen LogP contribution in [0.15, 0.2) is 12.1 Å². The quantitative estimate of drug-likeness (QED) is 0.835. The lowest BCUT2D eigenvalue weighted by Gasteiger charge is -2.18. The van der Waals surface area contributed by atoms with Crippen LogP contribution in [0.25, 0.3) is 0 Å². The van der Waals surface area contributed by atoms with Crippen LogP contribution in [0.4, 0.5) is 8.78 Å². The SMILES string of the molecule is COc1c(F)ccc(C(=O)N[C@@H]2CO[C@H]3[C@@H]2OC[C@H]3O)c1F. The van der Waals surface area contributed by atoms with Gasteiger partial charge >= 0.3 is 0 Å². The van der Waals surface area contributed by atoms with Gasteiger partial charge in [-0.05, 0) is 12.1 Å². The summed E-state index contributed by atoms with van der Waals surface area (Å²) in [6, 6.07) is 1.49. The molecule has 1 aromatic carbocycles. The van der Waals surface area contributed by atoms with Crippen LogP contribution >= 0.6 is 0 Å². The van der Waals surface area contributed by atoms with Gasteiger partial charge in [0.2, 0.25) is 0 Å². The van der Waals surface area contributed by atoms with Crippen LogP contribution in [0.5, 0.6) is 5.75 Å².